The zero-order valence-electron chi connectivity index (χ0n) is 12.7. The number of carbonyl (C=O) groups excluding carboxylic acids is 1. The summed E-state index contributed by atoms with van der Waals surface area (Å²) < 4.78 is 0. The lowest BCUT2D eigenvalue weighted by Crippen LogP contribution is -2.12. The monoisotopic (exact) mass is 288 g/mol. The fourth-order valence-corrected chi connectivity index (χ4v) is 3.00. The highest BCUT2D eigenvalue weighted by atomic mass is 16.4. The molecule has 1 aliphatic carbocycles. The van der Waals surface area contributed by atoms with Crippen molar-refractivity contribution in [2.45, 2.75) is 58.3 Å². The van der Waals surface area contributed by atoms with E-state index in [1.807, 2.05) is 18.2 Å². The van der Waals surface area contributed by atoms with E-state index >= 15 is 0 Å². The summed E-state index contributed by atoms with van der Waals surface area (Å²) in [7, 11) is 0. The smallest absolute Gasteiger partial charge is 0.307 e. The van der Waals surface area contributed by atoms with E-state index in [0.29, 0.717) is 19.3 Å². The maximum absolute atomic E-state index is 12.2. The van der Waals surface area contributed by atoms with E-state index in [2.05, 4.69) is 6.92 Å². The topological polar surface area (TPSA) is 54.4 Å². The summed E-state index contributed by atoms with van der Waals surface area (Å²) in [5.74, 6) is -0.873. The van der Waals surface area contributed by atoms with Gasteiger partial charge in [0, 0.05) is 12.0 Å². The number of hydrogen-bond donors (Lipinski definition) is 1. The number of unbranched alkanes of at least 4 members (excludes halogenated alkanes) is 4. The van der Waals surface area contributed by atoms with Gasteiger partial charge in [0.15, 0.2) is 5.78 Å². The van der Waals surface area contributed by atoms with Crippen LogP contribution in [-0.2, 0) is 17.6 Å². The molecule has 0 radical (unpaired) electrons. The van der Waals surface area contributed by atoms with Crippen LogP contribution in [0.3, 0.4) is 0 Å². The van der Waals surface area contributed by atoms with E-state index in [1.54, 1.807) is 0 Å². The lowest BCUT2D eigenvalue weighted by Gasteiger charge is -2.04. The van der Waals surface area contributed by atoms with Crippen molar-refractivity contribution in [1.29, 1.82) is 0 Å². The van der Waals surface area contributed by atoms with Crippen molar-refractivity contribution in [3.63, 3.8) is 0 Å². The highest BCUT2D eigenvalue weighted by Crippen LogP contribution is 2.28. The summed E-state index contributed by atoms with van der Waals surface area (Å²) >= 11 is 0. The van der Waals surface area contributed by atoms with E-state index in [1.165, 1.54) is 19.3 Å². The van der Waals surface area contributed by atoms with Crippen LogP contribution in [0.2, 0.25) is 0 Å². The normalized spacial score (nSPS) is 16.7. The average molecular weight is 288 g/mol. The summed E-state index contributed by atoms with van der Waals surface area (Å²) in [6, 6.07) is 5.70. The third-order valence-electron chi connectivity index (χ3n) is 4.32. The van der Waals surface area contributed by atoms with Crippen molar-refractivity contribution in [1.82, 2.24) is 0 Å². The Morgan fingerprint density at radius 3 is 2.52 bits per heavy atom. The predicted octanol–water partition coefficient (Wildman–Crippen LogP) is 4.03. The van der Waals surface area contributed by atoms with Crippen LogP contribution < -0.4 is 0 Å². The van der Waals surface area contributed by atoms with Gasteiger partial charge in [0.25, 0.3) is 0 Å². The highest BCUT2D eigenvalue weighted by Gasteiger charge is 2.27. The minimum Gasteiger partial charge on any atom is -0.481 e. The van der Waals surface area contributed by atoms with Crippen LogP contribution in [0, 0.1) is 5.92 Å². The number of carboxylic acids is 1. The van der Waals surface area contributed by atoms with Crippen LogP contribution in [0.5, 0.6) is 0 Å². The molecule has 0 aromatic heterocycles. The third-order valence-corrected chi connectivity index (χ3v) is 4.32. The van der Waals surface area contributed by atoms with Crippen molar-refractivity contribution in [3.8, 4) is 0 Å². The van der Waals surface area contributed by atoms with Gasteiger partial charge in [-0.1, -0.05) is 44.7 Å². The van der Waals surface area contributed by atoms with Crippen molar-refractivity contribution >= 4 is 11.8 Å². The van der Waals surface area contributed by atoms with E-state index in [4.69, 9.17) is 5.11 Å². The van der Waals surface area contributed by atoms with Gasteiger partial charge in [-0.2, -0.15) is 0 Å². The van der Waals surface area contributed by atoms with Gasteiger partial charge in [-0.05, 0) is 36.5 Å². The standard InChI is InChI=1S/C18H24O3/c1-2-3-4-5-6-7-17(19)14-9-8-13-10-16(18(20)21)12-15(13)11-14/h8-9,11,16H,2-7,10,12H2,1H3,(H,20,21)/t16-/m0/s1. The zero-order chi connectivity index (χ0) is 15.2. The second-order valence-electron chi connectivity index (χ2n) is 6.01. The number of carbonyl (C=O) groups is 2. The molecular formula is C18H24O3. The van der Waals surface area contributed by atoms with Gasteiger partial charge in [-0.25, -0.2) is 0 Å². The van der Waals surface area contributed by atoms with Gasteiger partial charge >= 0.3 is 5.97 Å². The number of carboxylic acid groups (broad SMARTS) is 1. The van der Waals surface area contributed by atoms with Crippen LogP contribution in [0.15, 0.2) is 18.2 Å². The second-order valence-corrected chi connectivity index (χ2v) is 6.01. The van der Waals surface area contributed by atoms with Gasteiger partial charge < -0.3 is 5.11 Å². The molecule has 1 aliphatic rings. The first-order valence-electron chi connectivity index (χ1n) is 7.99. The molecule has 0 aliphatic heterocycles. The molecule has 1 aromatic rings. The predicted molar refractivity (Wildman–Crippen MR) is 82.7 cm³/mol. The molecule has 3 nitrogen and oxygen atoms in total. The largest absolute Gasteiger partial charge is 0.481 e. The first-order valence-corrected chi connectivity index (χ1v) is 7.99. The Morgan fingerprint density at radius 2 is 1.81 bits per heavy atom. The summed E-state index contributed by atoms with van der Waals surface area (Å²) in [6.07, 6.45) is 7.48. The highest BCUT2D eigenvalue weighted by molar-refractivity contribution is 5.96. The number of rotatable bonds is 8. The van der Waals surface area contributed by atoms with E-state index in [-0.39, 0.29) is 11.7 Å². The molecule has 3 heteroatoms. The van der Waals surface area contributed by atoms with Crippen LogP contribution in [0.1, 0.15) is 66.9 Å². The molecule has 21 heavy (non-hydrogen) atoms. The summed E-state index contributed by atoms with van der Waals surface area (Å²) in [5, 5.41) is 9.08. The average Bonchev–Trinajstić information content (AvgIpc) is 2.90. The Balaban J connectivity index is 1.89. The van der Waals surface area contributed by atoms with Crippen LogP contribution in [-0.4, -0.2) is 16.9 Å². The molecule has 0 saturated heterocycles. The number of hydrogen-bond acceptors (Lipinski definition) is 2. The minimum atomic E-state index is -0.741. The second kappa shape index (κ2) is 7.39. The molecule has 0 unspecified atom stereocenters. The van der Waals surface area contributed by atoms with Crippen LogP contribution in [0.25, 0.3) is 0 Å². The fourth-order valence-electron chi connectivity index (χ4n) is 3.00. The third kappa shape index (κ3) is 4.16. The molecular weight excluding hydrogens is 264 g/mol. The van der Waals surface area contributed by atoms with Crippen LogP contribution in [0.4, 0.5) is 0 Å². The number of fused-ring (bicyclic) bond motifs is 1. The molecule has 1 N–H and O–H groups in total. The maximum Gasteiger partial charge on any atom is 0.307 e. The first-order chi connectivity index (χ1) is 10.1. The van der Waals surface area contributed by atoms with E-state index < -0.39 is 5.97 Å². The molecule has 0 spiro atoms. The lowest BCUT2D eigenvalue weighted by molar-refractivity contribution is -0.141. The number of Topliss-reactive ketones (excluding diaryl/α,β-unsaturated/α-hetero) is 1. The first kappa shape index (κ1) is 15.7. The van der Waals surface area contributed by atoms with E-state index in [0.717, 1.165) is 29.5 Å². The lowest BCUT2D eigenvalue weighted by atomic mass is 10.00. The molecule has 0 bridgehead atoms. The number of aliphatic carboxylic acids is 1. The van der Waals surface area contributed by atoms with Crippen LogP contribution >= 0.6 is 0 Å². The van der Waals surface area contributed by atoms with Gasteiger partial charge in [0.2, 0.25) is 0 Å². The molecule has 1 aromatic carbocycles. The maximum atomic E-state index is 12.2. The van der Waals surface area contributed by atoms with Gasteiger partial charge in [0.05, 0.1) is 5.92 Å². The van der Waals surface area contributed by atoms with Crippen molar-refractivity contribution in [3.05, 3.63) is 34.9 Å². The fraction of sp³-hybridized carbons (Fsp3) is 0.556. The van der Waals surface area contributed by atoms with Gasteiger partial charge in [0.1, 0.15) is 0 Å². The minimum absolute atomic E-state index is 0.188. The Kier molecular flexibility index (Phi) is 5.54. The van der Waals surface area contributed by atoms with Gasteiger partial charge in [-0.15, -0.1) is 0 Å². The summed E-state index contributed by atoms with van der Waals surface area (Å²) in [6.45, 7) is 2.18. The molecule has 0 saturated carbocycles. The molecule has 114 valence electrons. The Morgan fingerprint density at radius 1 is 1.10 bits per heavy atom. The molecule has 0 heterocycles. The van der Waals surface area contributed by atoms with E-state index in [9.17, 15) is 9.59 Å². The molecule has 0 fully saturated rings. The quantitative estimate of drug-likeness (QED) is 0.580. The summed E-state index contributed by atoms with van der Waals surface area (Å²) in [4.78, 5) is 23.2. The number of benzene rings is 1. The van der Waals surface area contributed by atoms with Crippen molar-refractivity contribution in [2.75, 3.05) is 0 Å². The Hall–Kier alpha value is -1.64. The van der Waals surface area contributed by atoms with Crippen molar-refractivity contribution in [2.24, 2.45) is 5.92 Å². The Labute approximate surface area is 126 Å². The SMILES string of the molecule is CCCCCCCC(=O)c1ccc2c(c1)C[C@@H](C(=O)O)C2. The Bertz CT molecular complexity index is 519. The molecule has 1 atom stereocenters. The van der Waals surface area contributed by atoms with Gasteiger partial charge in [-0.3, -0.25) is 9.59 Å². The molecule has 0 amide bonds. The molecule has 2 rings (SSSR count). The number of ketones is 1. The summed E-state index contributed by atoms with van der Waals surface area (Å²) in [5.41, 5.74) is 2.87. The van der Waals surface area contributed by atoms with Crippen molar-refractivity contribution < 1.29 is 14.7 Å². The zero-order valence-corrected chi connectivity index (χ0v) is 12.7.